The molecule has 1 aromatic heterocycles. The number of benzene rings is 1. The zero-order chi connectivity index (χ0) is 20.0. The SMILES string of the molecule is CS(=O)(=O)N(CC(=O)NCCCSCc1ccco1)c1ccc2c(c1)OCO2. The Morgan fingerprint density at radius 2 is 2.07 bits per heavy atom. The molecule has 0 radical (unpaired) electrons. The van der Waals surface area contributed by atoms with Crippen LogP contribution in [0.25, 0.3) is 0 Å². The van der Waals surface area contributed by atoms with E-state index in [4.69, 9.17) is 13.9 Å². The van der Waals surface area contributed by atoms with Crippen molar-refractivity contribution in [2.75, 3.05) is 36.2 Å². The number of rotatable bonds is 10. The Bertz CT molecular complexity index is 899. The van der Waals surface area contributed by atoms with Crippen molar-refractivity contribution in [3.63, 3.8) is 0 Å². The molecule has 1 aromatic carbocycles. The lowest BCUT2D eigenvalue weighted by molar-refractivity contribution is -0.119. The third kappa shape index (κ3) is 5.59. The number of carbonyl (C=O) groups is 1. The van der Waals surface area contributed by atoms with E-state index >= 15 is 0 Å². The molecule has 3 rings (SSSR count). The molecule has 0 saturated heterocycles. The minimum Gasteiger partial charge on any atom is -0.468 e. The third-order valence-corrected chi connectivity index (χ3v) is 6.15. The van der Waals surface area contributed by atoms with Crippen molar-refractivity contribution in [3.8, 4) is 11.5 Å². The molecule has 0 bridgehead atoms. The van der Waals surface area contributed by atoms with Crippen molar-refractivity contribution in [2.24, 2.45) is 0 Å². The van der Waals surface area contributed by atoms with Gasteiger partial charge >= 0.3 is 0 Å². The van der Waals surface area contributed by atoms with E-state index < -0.39 is 10.0 Å². The molecule has 1 N–H and O–H groups in total. The number of anilines is 1. The van der Waals surface area contributed by atoms with Crippen molar-refractivity contribution < 1.29 is 27.1 Å². The highest BCUT2D eigenvalue weighted by Gasteiger charge is 2.23. The fourth-order valence-corrected chi connectivity index (χ4v) is 4.30. The van der Waals surface area contributed by atoms with E-state index in [1.165, 1.54) is 0 Å². The second-order valence-electron chi connectivity index (χ2n) is 6.14. The zero-order valence-corrected chi connectivity index (χ0v) is 17.1. The number of ether oxygens (including phenoxy) is 2. The van der Waals surface area contributed by atoms with Gasteiger partial charge in [-0.1, -0.05) is 0 Å². The average molecular weight is 427 g/mol. The number of furan rings is 1. The Kier molecular flexibility index (Phi) is 6.74. The normalized spacial score (nSPS) is 12.8. The van der Waals surface area contributed by atoms with E-state index in [0.717, 1.165) is 34.2 Å². The first kappa shape index (κ1) is 20.4. The first-order chi connectivity index (χ1) is 13.4. The van der Waals surface area contributed by atoms with Crippen molar-refractivity contribution >= 4 is 33.4 Å². The van der Waals surface area contributed by atoms with Gasteiger partial charge in [-0.25, -0.2) is 8.42 Å². The molecule has 10 heteroatoms. The van der Waals surface area contributed by atoms with Crippen LogP contribution in [-0.2, 0) is 20.6 Å². The van der Waals surface area contributed by atoms with Crippen LogP contribution in [-0.4, -0.2) is 46.2 Å². The molecule has 2 aromatic rings. The van der Waals surface area contributed by atoms with Gasteiger partial charge in [0.05, 0.1) is 24.0 Å². The second-order valence-corrected chi connectivity index (χ2v) is 9.15. The fraction of sp³-hybridized carbons (Fsp3) is 0.389. The number of nitrogens with one attached hydrogen (secondary N) is 1. The molecule has 0 fully saturated rings. The van der Waals surface area contributed by atoms with E-state index in [-0.39, 0.29) is 19.2 Å². The van der Waals surface area contributed by atoms with Crippen LogP contribution in [0.2, 0.25) is 0 Å². The van der Waals surface area contributed by atoms with Gasteiger partial charge in [0.25, 0.3) is 0 Å². The number of fused-ring (bicyclic) bond motifs is 1. The Balaban J connectivity index is 1.47. The van der Waals surface area contributed by atoms with E-state index in [1.807, 2.05) is 12.1 Å². The smallest absolute Gasteiger partial charge is 0.240 e. The maximum Gasteiger partial charge on any atom is 0.240 e. The van der Waals surface area contributed by atoms with Crippen LogP contribution >= 0.6 is 11.8 Å². The van der Waals surface area contributed by atoms with Gasteiger partial charge in [-0.15, -0.1) is 0 Å². The number of hydrogen-bond donors (Lipinski definition) is 1. The minimum atomic E-state index is -3.63. The van der Waals surface area contributed by atoms with Crippen molar-refractivity contribution in [3.05, 3.63) is 42.4 Å². The highest BCUT2D eigenvalue weighted by Crippen LogP contribution is 2.36. The van der Waals surface area contributed by atoms with Gasteiger partial charge in [0.2, 0.25) is 22.7 Å². The Labute approximate surface area is 168 Å². The summed E-state index contributed by atoms with van der Waals surface area (Å²) in [7, 11) is -3.63. The van der Waals surface area contributed by atoms with Gasteiger partial charge in [-0.3, -0.25) is 9.10 Å². The fourth-order valence-electron chi connectivity index (χ4n) is 2.60. The van der Waals surface area contributed by atoms with Crippen LogP contribution in [0.3, 0.4) is 0 Å². The van der Waals surface area contributed by atoms with Crippen LogP contribution < -0.4 is 19.1 Å². The highest BCUT2D eigenvalue weighted by molar-refractivity contribution is 7.98. The zero-order valence-electron chi connectivity index (χ0n) is 15.4. The van der Waals surface area contributed by atoms with Crippen molar-refractivity contribution in [2.45, 2.75) is 12.2 Å². The van der Waals surface area contributed by atoms with Crippen LogP contribution in [0.5, 0.6) is 11.5 Å². The lowest BCUT2D eigenvalue weighted by Crippen LogP contribution is -2.40. The average Bonchev–Trinajstić information content (AvgIpc) is 3.32. The first-order valence-electron chi connectivity index (χ1n) is 8.67. The van der Waals surface area contributed by atoms with Crippen molar-refractivity contribution in [1.29, 1.82) is 0 Å². The molecule has 0 atom stereocenters. The molecule has 1 aliphatic heterocycles. The minimum absolute atomic E-state index is 0.0933. The van der Waals surface area contributed by atoms with Crippen LogP contribution in [0.1, 0.15) is 12.2 Å². The molecule has 1 amide bonds. The van der Waals surface area contributed by atoms with Gasteiger partial charge in [0.1, 0.15) is 12.3 Å². The summed E-state index contributed by atoms with van der Waals surface area (Å²) < 4.78 is 41.1. The summed E-state index contributed by atoms with van der Waals surface area (Å²) in [5, 5.41) is 2.76. The molecule has 1 aliphatic rings. The summed E-state index contributed by atoms with van der Waals surface area (Å²) in [5.41, 5.74) is 0.357. The third-order valence-electron chi connectivity index (χ3n) is 3.94. The Morgan fingerprint density at radius 1 is 1.25 bits per heavy atom. The van der Waals surface area contributed by atoms with E-state index in [1.54, 1.807) is 36.2 Å². The summed E-state index contributed by atoms with van der Waals surface area (Å²) >= 11 is 1.71. The van der Waals surface area contributed by atoms with E-state index in [0.29, 0.717) is 23.7 Å². The summed E-state index contributed by atoms with van der Waals surface area (Å²) in [6.07, 6.45) is 3.49. The number of thioether (sulfide) groups is 1. The number of hydrogen-bond acceptors (Lipinski definition) is 7. The molecule has 0 aliphatic carbocycles. The number of nitrogens with zero attached hydrogens (tertiary/aromatic N) is 1. The molecular formula is C18H22N2O6S2. The van der Waals surface area contributed by atoms with E-state index in [9.17, 15) is 13.2 Å². The maximum atomic E-state index is 12.2. The van der Waals surface area contributed by atoms with Crippen LogP contribution in [0.15, 0.2) is 41.0 Å². The highest BCUT2D eigenvalue weighted by atomic mass is 32.2. The summed E-state index contributed by atoms with van der Waals surface area (Å²) in [5.74, 6) is 3.21. The van der Waals surface area contributed by atoms with Gasteiger partial charge < -0.3 is 19.2 Å². The van der Waals surface area contributed by atoms with Gasteiger partial charge in [-0.05, 0) is 36.4 Å². The maximum absolute atomic E-state index is 12.2. The largest absolute Gasteiger partial charge is 0.468 e. The Morgan fingerprint density at radius 3 is 2.82 bits per heavy atom. The quantitative estimate of drug-likeness (QED) is 0.582. The second kappa shape index (κ2) is 9.24. The van der Waals surface area contributed by atoms with Crippen molar-refractivity contribution in [1.82, 2.24) is 5.32 Å². The van der Waals surface area contributed by atoms with Crippen LogP contribution in [0.4, 0.5) is 5.69 Å². The standard InChI is InChI=1S/C18H22N2O6S2/c1-28(22,23)20(14-5-6-16-17(10-14)26-13-25-16)11-18(21)19-7-3-9-27-12-15-4-2-8-24-15/h2,4-6,8,10H,3,7,9,11-13H2,1H3,(H,19,21). The summed E-state index contributed by atoms with van der Waals surface area (Å²) in [6.45, 7) is 0.275. The molecule has 2 heterocycles. The number of carbonyl (C=O) groups excluding carboxylic acids is 1. The molecule has 0 saturated carbocycles. The molecule has 28 heavy (non-hydrogen) atoms. The first-order valence-corrected chi connectivity index (χ1v) is 11.7. The lowest BCUT2D eigenvalue weighted by Gasteiger charge is -2.22. The van der Waals surface area contributed by atoms with Gasteiger partial charge in [0.15, 0.2) is 11.5 Å². The van der Waals surface area contributed by atoms with Gasteiger partial charge in [-0.2, -0.15) is 11.8 Å². The van der Waals surface area contributed by atoms with Crippen LogP contribution in [0, 0.1) is 0 Å². The lowest BCUT2D eigenvalue weighted by atomic mass is 10.3. The summed E-state index contributed by atoms with van der Waals surface area (Å²) in [6, 6.07) is 8.55. The topological polar surface area (TPSA) is 98.1 Å². The molecule has 0 unspecified atom stereocenters. The van der Waals surface area contributed by atoms with E-state index in [2.05, 4.69) is 5.32 Å². The molecule has 8 nitrogen and oxygen atoms in total. The molecule has 152 valence electrons. The Hall–Kier alpha value is -2.33. The predicted molar refractivity (Wildman–Crippen MR) is 107 cm³/mol. The number of sulfonamides is 1. The number of amides is 1. The summed E-state index contributed by atoms with van der Waals surface area (Å²) in [4.78, 5) is 12.2. The predicted octanol–water partition coefficient (Wildman–Crippen LogP) is 2.21. The molecule has 0 spiro atoms. The van der Waals surface area contributed by atoms with Gasteiger partial charge in [0, 0.05) is 12.6 Å². The monoisotopic (exact) mass is 426 g/mol. The molecular weight excluding hydrogens is 404 g/mol.